The molecule has 3 atom stereocenters. The van der Waals surface area contributed by atoms with Crippen molar-refractivity contribution in [1.29, 1.82) is 0 Å². The van der Waals surface area contributed by atoms with Crippen LogP contribution in [-0.2, 0) is 9.59 Å². The number of piperazine rings is 1. The molecule has 4 nitrogen and oxygen atoms in total. The Labute approximate surface area is 109 Å². The summed E-state index contributed by atoms with van der Waals surface area (Å²) in [6.45, 7) is 8.06. The number of rotatable bonds is 4. The highest BCUT2D eigenvalue weighted by Crippen LogP contribution is 2.36. The van der Waals surface area contributed by atoms with Crippen LogP contribution in [-0.4, -0.2) is 34.8 Å². The first kappa shape index (κ1) is 13.4. The Hall–Kier alpha value is -1.06. The van der Waals surface area contributed by atoms with Crippen molar-refractivity contribution in [3.8, 4) is 0 Å². The highest BCUT2D eigenvalue weighted by atomic mass is 16.2. The molecule has 0 radical (unpaired) electrons. The zero-order chi connectivity index (χ0) is 13.4. The summed E-state index contributed by atoms with van der Waals surface area (Å²) in [4.78, 5) is 26.3. The smallest absolute Gasteiger partial charge is 0.246 e. The Kier molecular flexibility index (Phi) is 3.64. The van der Waals surface area contributed by atoms with E-state index in [1.165, 1.54) is 12.8 Å². The molecule has 1 heterocycles. The molecule has 102 valence electrons. The van der Waals surface area contributed by atoms with Crippen LogP contribution in [0.3, 0.4) is 0 Å². The summed E-state index contributed by atoms with van der Waals surface area (Å²) in [7, 11) is 0. The summed E-state index contributed by atoms with van der Waals surface area (Å²) < 4.78 is 0. The Morgan fingerprint density at radius 3 is 2.39 bits per heavy atom. The lowest BCUT2D eigenvalue weighted by atomic mass is 9.97. The van der Waals surface area contributed by atoms with E-state index >= 15 is 0 Å². The van der Waals surface area contributed by atoms with Crippen molar-refractivity contribution in [3.05, 3.63) is 0 Å². The molecule has 2 fully saturated rings. The molecular weight excluding hydrogens is 228 g/mol. The summed E-state index contributed by atoms with van der Waals surface area (Å²) in [5.41, 5.74) is 0. The fourth-order valence-electron chi connectivity index (χ4n) is 2.84. The largest absolute Gasteiger partial charge is 0.343 e. The molecule has 18 heavy (non-hydrogen) atoms. The second-order valence-corrected chi connectivity index (χ2v) is 6.19. The lowest BCUT2D eigenvalue weighted by molar-refractivity contribution is -0.152. The lowest BCUT2D eigenvalue weighted by Gasteiger charge is -2.41. The molecule has 2 amide bonds. The van der Waals surface area contributed by atoms with Crippen LogP contribution < -0.4 is 5.32 Å². The van der Waals surface area contributed by atoms with Gasteiger partial charge in [-0.3, -0.25) is 9.59 Å². The molecule has 0 aromatic heterocycles. The molecular formula is C14H24N2O2. The monoisotopic (exact) mass is 252 g/mol. The molecule has 1 N–H and O–H groups in total. The predicted molar refractivity (Wildman–Crippen MR) is 69.9 cm³/mol. The third-order valence-corrected chi connectivity index (χ3v) is 4.12. The third-order valence-electron chi connectivity index (χ3n) is 4.12. The van der Waals surface area contributed by atoms with E-state index in [9.17, 15) is 9.59 Å². The summed E-state index contributed by atoms with van der Waals surface area (Å²) in [5, 5.41) is 2.86. The molecule has 0 bridgehead atoms. The molecule has 1 saturated carbocycles. The van der Waals surface area contributed by atoms with Crippen molar-refractivity contribution in [1.82, 2.24) is 10.2 Å². The van der Waals surface area contributed by atoms with Crippen LogP contribution in [0, 0.1) is 11.8 Å². The molecule has 4 heteroatoms. The first-order chi connectivity index (χ1) is 8.41. The fourth-order valence-corrected chi connectivity index (χ4v) is 2.84. The van der Waals surface area contributed by atoms with Crippen LogP contribution in [0.2, 0.25) is 0 Å². The van der Waals surface area contributed by atoms with E-state index < -0.39 is 0 Å². The van der Waals surface area contributed by atoms with E-state index in [4.69, 9.17) is 0 Å². The number of carbonyl (C=O) groups is 2. The summed E-state index contributed by atoms with van der Waals surface area (Å²) in [6, 6.07) is -0.445. The second-order valence-electron chi connectivity index (χ2n) is 6.19. The van der Waals surface area contributed by atoms with Gasteiger partial charge in [-0.2, -0.15) is 0 Å². The third kappa shape index (κ3) is 2.52. The first-order valence-electron chi connectivity index (χ1n) is 7.04. The standard InChI is InChI=1S/C14H24N2O2/c1-8(2)7-12-14(18)16(9(3)11-5-6-11)10(4)13(17)15-12/h8-12H,5-7H2,1-4H3,(H,15,17). The number of nitrogens with zero attached hydrogens (tertiary/aromatic N) is 1. The van der Waals surface area contributed by atoms with Gasteiger partial charge in [-0.25, -0.2) is 0 Å². The van der Waals surface area contributed by atoms with Gasteiger partial charge in [0.1, 0.15) is 12.1 Å². The van der Waals surface area contributed by atoms with Crippen LogP contribution >= 0.6 is 0 Å². The predicted octanol–water partition coefficient (Wildman–Crippen LogP) is 1.55. The van der Waals surface area contributed by atoms with Crippen molar-refractivity contribution in [2.45, 2.75) is 65.1 Å². The Bertz CT molecular complexity index is 350. The van der Waals surface area contributed by atoms with Crippen LogP contribution in [0.1, 0.15) is 47.0 Å². The Morgan fingerprint density at radius 1 is 1.28 bits per heavy atom. The summed E-state index contributed by atoms with van der Waals surface area (Å²) >= 11 is 0. The topological polar surface area (TPSA) is 49.4 Å². The van der Waals surface area contributed by atoms with Gasteiger partial charge in [0.25, 0.3) is 0 Å². The van der Waals surface area contributed by atoms with Crippen molar-refractivity contribution < 1.29 is 9.59 Å². The minimum Gasteiger partial charge on any atom is -0.343 e. The minimum absolute atomic E-state index is 0.00671. The average molecular weight is 252 g/mol. The first-order valence-corrected chi connectivity index (χ1v) is 7.04. The second kappa shape index (κ2) is 4.90. The van der Waals surface area contributed by atoms with E-state index in [1.807, 2.05) is 11.8 Å². The number of carbonyl (C=O) groups excluding carboxylic acids is 2. The van der Waals surface area contributed by atoms with Gasteiger partial charge < -0.3 is 10.2 Å². The Balaban J connectivity index is 2.14. The quantitative estimate of drug-likeness (QED) is 0.825. The van der Waals surface area contributed by atoms with Crippen molar-refractivity contribution in [2.75, 3.05) is 0 Å². The molecule has 0 aromatic carbocycles. The summed E-state index contributed by atoms with van der Waals surface area (Å²) in [6.07, 6.45) is 3.10. The van der Waals surface area contributed by atoms with E-state index in [2.05, 4.69) is 26.1 Å². The normalized spacial score (nSPS) is 30.6. The van der Waals surface area contributed by atoms with Gasteiger partial charge >= 0.3 is 0 Å². The van der Waals surface area contributed by atoms with Crippen molar-refractivity contribution >= 4 is 11.8 Å². The van der Waals surface area contributed by atoms with Gasteiger partial charge in [-0.15, -0.1) is 0 Å². The molecule has 1 saturated heterocycles. The van der Waals surface area contributed by atoms with E-state index in [-0.39, 0.29) is 29.9 Å². The minimum atomic E-state index is -0.324. The molecule has 1 aliphatic heterocycles. The van der Waals surface area contributed by atoms with Gasteiger partial charge in [0.2, 0.25) is 11.8 Å². The van der Waals surface area contributed by atoms with Crippen molar-refractivity contribution in [3.63, 3.8) is 0 Å². The average Bonchev–Trinajstić information content (AvgIpc) is 3.09. The molecule has 0 spiro atoms. The maximum atomic E-state index is 12.5. The lowest BCUT2D eigenvalue weighted by Crippen LogP contribution is -2.65. The molecule has 0 aromatic rings. The van der Waals surface area contributed by atoms with Gasteiger partial charge in [-0.1, -0.05) is 13.8 Å². The number of hydrogen-bond donors (Lipinski definition) is 1. The van der Waals surface area contributed by atoms with Crippen LogP contribution in [0.4, 0.5) is 0 Å². The van der Waals surface area contributed by atoms with E-state index in [0.717, 1.165) is 6.42 Å². The zero-order valence-corrected chi connectivity index (χ0v) is 11.8. The van der Waals surface area contributed by atoms with Crippen LogP contribution in [0.5, 0.6) is 0 Å². The SMILES string of the molecule is CC(C)CC1NC(=O)C(C)N(C(C)C2CC2)C1=O. The van der Waals surface area contributed by atoms with E-state index in [0.29, 0.717) is 11.8 Å². The molecule has 2 rings (SSSR count). The van der Waals surface area contributed by atoms with Crippen LogP contribution in [0.25, 0.3) is 0 Å². The van der Waals surface area contributed by atoms with Gasteiger partial charge in [0, 0.05) is 6.04 Å². The number of hydrogen-bond acceptors (Lipinski definition) is 2. The summed E-state index contributed by atoms with van der Waals surface area (Å²) in [5.74, 6) is 1.11. The van der Waals surface area contributed by atoms with Gasteiger partial charge in [-0.05, 0) is 44.9 Å². The maximum Gasteiger partial charge on any atom is 0.246 e. The molecule has 1 aliphatic carbocycles. The van der Waals surface area contributed by atoms with Crippen LogP contribution in [0.15, 0.2) is 0 Å². The maximum absolute atomic E-state index is 12.5. The highest BCUT2D eigenvalue weighted by Gasteiger charge is 2.44. The molecule has 3 unspecified atom stereocenters. The van der Waals surface area contributed by atoms with Gasteiger partial charge in [0.15, 0.2) is 0 Å². The number of amides is 2. The number of nitrogens with one attached hydrogen (secondary N) is 1. The Morgan fingerprint density at radius 2 is 1.89 bits per heavy atom. The van der Waals surface area contributed by atoms with Crippen molar-refractivity contribution in [2.24, 2.45) is 11.8 Å². The zero-order valence-electron chi connectivity index (χ0n) is 11.8. The van der Waals surface area contributed by atoms with E-state index in [1.54, 1.807) is 0 Å². The fraction of sp³-hybridized carbons (Fsp3) is 0.857. The molecule has 2 aliphatic rings. The van der Waals surface area contributed by atoms with Gasteiger partial charge in [0.05, 0.1) is 0 Å². The highest BCUT2D eigenvalue weighted by molar-refractivity contribution is 5.96.